The van der Waals surface area contributed by atoms with Crippen LogP contribution in [0.4, 0.5) is 4.39 Å². The third-order valence-electron chi connectivity index (χ3n) is 4.05. The van der Waals surface area contributed by atoms with Crippen LogP contribution in [0.25, 0.3) is 0 Å². The molecule has 2 atom stereocenters. The Kier molecular flexibility index (Phi) is 4.28. The monoisotopic (exact) mass is 296 g/mol. The molecule has 0 aromatic heterocycles. The molecule has 6 heteroatoms. The van der Waals surface area contributed by atoms with Crippen LogP contribution in [0.15, 0.2) is 12.1 Å². The highest BCUT2D eigenvalue weighted by Crippen LogP contribution is 2.35. The zero-order valence-electron chi connectivity index (χ0n) is 11.9. The molecule has 2 aliphatic heterocycles. The van der Waals surface area contributed by atoms with Crippen molar-refractivity contribution < 1.29 is 19.0 Å². The van der Waals surface area contributed by atoms with Gasteiger partial charge in [-0.05, 0) is 32.0 Å². The minimum atomic E-state index is -1.05. The van der Waals surface area contributed by atoms with Gasteiger partial charge < -0.3 is 25.2 Å². The van der Waals surface area contributed by atoms with Crippen molar-refractivity contribution >= 4 is 0 Å². The molecule has 0 bridgehead atoms. The Morgan fingerprint density at radius 1 is 1.19 bits per heavy atom. The Morgan fingerprint density at radius 2 is 1.81 bits per heavy atom. The van der Waals surface area contributed by atoms with Crippen LogP contribution >= 0.6 is 0 Å². The van der Waals surface area contributed by atoms with Gasteiger partial charge in [-0.15, -0.1) is 0 Å². The van der Waals surface area contributed by atoms with Crippen molar-refractivity contribution in [2.45, 2.75) is 25.0 Å². The molecule has 1 unspecified atom stereocenters. The van der Waals surface area contributed by atoms with Gasteiger partial charge in [0.1, 0.15) is 19.0 Å². The summed E-state index contributed by atoms with van der Waals surface area (Å²) in [4.78, 5) is 2.20. The third-order valence-corrected chi connectivity index (χ3v) is 4.05. The zero-order chi connectivity index (χ0) is 14.8. The molecule has 1 saturated heterocycles. The van der Waals surface area contributed by atoms with Crippen molar-refractivity contribution in [3.63, 3.8) is 0 Å². The van der Waals surface area contributed by atoms with Crippen LogP contribution in [-0.4, -0.2) is 48.9 Å². The van der Waals surface area contributed by atoms with Gasteiger partial charge in [-0.3, -0.25) is 0 Å². The summed E-state index contributed by atoms with van der Waals surface area (Å²) >= 11 is 0. The highest BCUT2D eigenvalue weighted by molar-refractivity contribution is 5.45. The van der Waals surface area contributed by atoms with E-state index in [1.807, 2.05) is 0 Å². The van der Waals surface area contributed by atoms with Gasteiger partial charge in [-0.2, -0.15) is 0 Å². The summed E-state index contributed by atoms with van der Waals surface area (Å²) in [5.74, 6) is 0.330. The second-order valence-corrected chi connectivity index (χ2v) is 5.63. The molecule has 0 radical (unpaired) electrons. The van der Waals surface area contributed by atoms with Crippen molar-refractivity contribution in [1.29, 1.82) is 0 Å². The number of hydrogen-bond acceptors (Lipinski definition) is 5. The Balaban J connectivity index is 1.75. The first-order valence-corrected chi connectivity index (χ1v) is 7.40. The van der Waals surface area contributed by atoms with E-state index in [4.69, 9.17) is 15.2 Å². The lowest BCUT2D eigenvalue weighted by Gasteiger charge is -2.26. The van der Waals surface area contributed by atoms with Crippen LogP contribution in [0.3, 0.4) is 0 Å². The quantitative estimate of drug-likeness (QED) is 0.869. The lowest BCUT2D eigenvalue weighted by atomic mass is 10.0. The number of nitrogens with two attached hydrogens (primary N) is 1. The van der Waals surface area contributed by atoms with Crippen molar-refractivity contribution in [2.75, 3.05) is 32.8 Å². The Labute approximate surface area is 123 Å². The molecule has 1 aromatic carbocycles. The Morgan fingerprint density at radius 3 is 2.48 bits per heavy atom. The second kappa shape index (κ2) is 6.17. The number of benzene rings is 1. The minimum Gasteiger partial charge on any atom is -0.486 e. The number of aliphatic hydroxyl groups is 1. The largest absolute Gasteiger partial charge is 0.486 e. The lowest BCUT2D eigenvalue weighted by Crippen LogP contribution is -2.40. The first-order valence-electron chi connectivity index (χ1n) is 7.40. The lowest BCUT2D eigenvalue weighted by molar-refractivity contribution is 0.120. The molecule has 21 heavy (non-hydrogen) atoms. The summed E-state index contributed by atoms with van der Waals surface area (Å²) in [5, 5.41) is 10.3. The van der Waals surface area contributed by atoms with E-state index in [1.165, 1.54) is 12.1 Å². The maximum Gasteiger partial charge on any atom is 0.164 e. The summed E-state index contributed by atoms with van der Waals surface area (Å²) < 4.78 is 24.9. The number of hydrogen-bond donors (Lipinski definition) is 2. The Hall–Kier alpha value is -1.37. The molecule has 2 aliphatic rings. The highest BCUT2D eigenvalue weighted by Gasteiger charge is 2.26. The van der Waals surface area contributed by atoms with Crippen molar-refractivity contribution in [3.8, 4) is 11.5 Å². The van der Waals surface area contributed by atoms with Crippen LogP contribution in [-0.2, 0) is 0 Å². The molecule has 3 rings (SSSR count). The number of nitrogens with zero attached hydrogens (tertiary/aromatic N) is 1. The van der Waals surface area contributed by atoms with Crippen LogP contribution in [0.1, 0.15) is 24.5 Å². The minimum absolute atomic E-state index is 0.172. The predicted molar refractivity (Wildman–Crippen MR) is 76.0 cm³/mol. The van der Waals surface area contributed by atoms with E-state index in [0.29, 0.717) is 31.3 Å². The van der Waals surface area contributed by atoms with Crippen LogP contribution in [0.5, 0.6) is 11.5 Å². The first kappa shape index (κ1) is 14.6. The normalized spacial score (nSPS) is 21.3. The molecular weight excluding hydrogens is 275 g/mol. The SMILES string of the molecule is N[C@H](CN1CCCC1)C(O)c1cc2c(cc1F)OCCO2. The number of ether oxygens (including phenoxy) is 2. The van der Waals surface area contributed by atoms with Crippen LogP contribution < -0.4 is 15.2 Å². The number of fused-ring (bicyclic) bond motifs is 1. The molecule has 5 nitrogen and oxygen atoms in total. The standard InChI is InChI=1S/C15H21FN2O3/c16-11-8-14-13(20-5-6-21-14)7-10(11)15(19)12(17)9-18-3-1-2-4-18/h7-8,12,15,19H,1-6,9,17H2/t12-,15?/m1/s1. The van der Waals surface area contributed by atoms with E-state index in [0.717, 1.165) is 25.9 Å². The van der Waals surface area contributed by atoms with Crippen molar-refractivity contribution in [2.24, 2.45) is 5.73 Å². The fourth-order valence-corrected chi connectivity index (χ4v) is 2.90. The average molecular weight is 296 g/mol. The molecule has 1 aromatic rings. The number of halogens is 1. The fraction of sp³-hybridized carbons (Fsp3) is 0.600. The van der Waals surface area contributed by atoms with E-state index >= 15 is 0 Å². The summed E-state index contributed by atoms with van der Waals surface area (Å²) in [7, 11) is 0. The van der Waals surface area contributed by atoms with Crippen LogP contribution in [0.2, 0.25) is 0 Å². The Bertz CT molecular complexity index is 506. The van der Waals surface area contributed by atoms with Gasteiger partial charge in [0.05, 0.1) is 6.10 Å². The maximum absolute atomic E-state index is 14.1. The molecule has 1 fully saturated rings. The summed E-state index contributed by atoms with van der Waals surface area (Å²) in [6.07, 6.45) is 1.25. The van der Waals surface area contributed by atoms with Crippen LogP contribution in [0, 0.1) is 5.82 Å². The van der Waals surface area contributed by atoms with E-state index in [1.54, 1.807) is 0 Å². The molecule has 0 aliphatic carbocycles. The summed E-state index contributed by atoms with van der Waals surface area (Å²) in [5.41, 5.74) is 6.22. The van der Waals surface area contributed by atoms with E-state index in [2.05, 4.69) is 4.90 Å². The van der Waals surface area contributed by atoms with E-state index in [-0.39, 0.29) is 5.56 Å². The summed E-state index contributed by atoms with van der Waals surface area (Å²) in [6.45, 7) is 3.37. The average Bonchev–Trinajstić information content (AvgIpc) is 2.98. The maximum atomic E-state index is 14.1. The molecule has 0 saturated carbocycles. The predicted octanol–water partition coefficient (Wildman–Crippen LogP) is 1.05. The number of aliphatic hydroxyl groups excluding tert-OH is 1. The zero-order valence-corrected chi connectivity index (χ0v) is 11.9. The smallest absolute Gasteiger partial charge is 0.164 e. The van der Waals surface area contributed by atoms with Gasteiger partial charge in [0.15, 0.2) is 11.5 Å². The van der Waals surface area contributed by atoms with Gasteiger partial charge in [0.2, 0.25) is 0 Å². The fourth-order valence-electron chi connectivity index (χ4n) is 2.90. The molecule has 0 amide bonds. The third kappa shape index (κ3) is 3.12. The first-order chi connectivity index (χ1) is 10.1. The molecular formula is C15H21FN2O3. The summed E-state index contributed by atoms with van der Waals surface area (Å²) in [6, 6.07) is 2.23. The molecule has 0 spiro atoms. The molecule has 116 valence electrons. The van der Waals surface area contributed by atoms with Gasteiger partial charge in [-0.25, -0.2) is 4.39 Å². The number of likely N-dealkylation sites (tertiary alicyclic amines) is 1. The van der Waals surface area contributed by atoms with Gasteiger partial charge in [-0.1, -0.05) is 0 Å². The van der Waals surface area contributed by atoms with E-state index in [9.17, 15) is 9.50 Å². The molecule has 2 heterocycles. The number of rotatable bonds is 4. The van der Waals surface area contributed by atoms with E-state index < -0.39 is 18.0 Å². The molecule has 3 N–H and O–H groups in total. The van der Waals surface area contributed by atoms with Crippen molar-refractivity contribution in [3.05, 3.63) is 23.5 Å². The second-order valence-electron chi connectivity index (χ2n) is 5.63. The topological polar surface area (TPSA) is 68.0 Å². The van der Waals surface area contributed by atoms with Gasteiger partial charge >= 0.3 is 0 Å². The van der Waals surface area contributed by atoms with Gasteiger partial charge in [0, 0.05) is 24.2 Å². The van der Waals surface area contributed by atoms with Gasteiger partial charge in [0.25, 0.3) is 0 Å². The van der Waals surface area contributed by atoms with Crippen molar-refractivity contribution in [1.82, 2.24) is 4.90 Å². The highest BCUT2D eigenvalue weighted by atomic mass is 19.1.